The van der Waals surface area contributed by atoms with Crippen LogP contribution in [0.1, 0.15) is 187 Å². The maximum atomic E-state index is 10.5. The SMILES string of the molecule is CCCCCCCCCCCCCCCCCCCCCCCCCCCC(O)CCC(=O)O. The van der Waals surface area contributed by atoms with Crippen LogP contribution in [-0.4, -0.2) is 22.3 Å². The van der Waals surface area contributed by atoms with Gasteiger partial charge in [-0.3, -0.25) is 4.79 Å². The molecule has 0 bridgehead atoms. The molecule has 0 radical (unpaired) electrons. The van der Waals surface area contributed by atoms with Crippen LogP contribution in [-0.2, 0) is 4.79 Å². The van der Waals surface area contributed by atoms with Crippen LogP contribution in [0.25, 0.3) is 0 Å². The Morgan fingerprint density at radius 1 is 0.471 bits per heavy atom. The summed E-state index contributed by atoms with van der Waals surface area (Å²) in [4.78, 5) is 10.5. The molecular weight excluding hydrogens is 420 g/mol. The number of carboxylic acids is 1. The molecule has 0 heterocycles. The molecule has 0 aliphatic rings. The van der Waals surface area contributed by atoms with E-state index in [1.807, 2.05) is 0 Å². The van der Waals surface area contributed by atoms with Crippen LogP contribution in [0.5, 0.6) is 0 Å². The van der Waals surface area contributed by atoms with Crippen molar-refractivity contribution < 1.29 is 15.0 Å². The zero-order valence-corrected chi connectivity index (χ0v) is 23.2. The van der Waals surface area contributed by atoms with Crippen molar-refractivity contribution in [2.24, 2.45) is 0 Å². The van der Waals surface area contributed by atoms with Gasteiger partial charge in [-0.05, 0) is 12.8 Å². The number of aliphatic carboxylic acids is 1. The lowest BCUT2D eigenvalue weighted by Crippen LogP contribution is -2.09. The number of hydrogen-bond acceptors (Lipinski definition) is 2. The third kappa shape index (κ3) is 29.5. The minimum atomic E-state index is -0.811. The largest absolute Gasteiger partial charge is 0.481 e. The van der Waals surface area contributed by atoms with Gasteiger partial charge in [0.2, 0.25) is 0 Å². The summed E-state index contributed by atoms with van der Waals surface area (Å²) in [7, 11) is 0. The second kappa shape index (κ2) is 28.7. The van der Waals surface area contributed by atoms with Crippen LogP contribution in [0.15, 0.2) is 0 Å². The Balaban J connectivity index is 3.07. The van der Waals surface area contributed by atoms with Gasteiger partial charge in [0.25, 0.3) is 0 Å². The number of rotatable bonds is 29. The third-order valence-electron chi connectivity index (χ3n) is 7.33. The number of unbranched alkanes of at least 4 members (excludes halogenated alkanes) is 24. The van der Waals surface area contributed by atoms with Crippen molar-refractivity contribution in [3.8, 4) is 0 Å². The van der Waals surface area contributed by atoms with E-state index in [1.54, 1.807) is 0 Å². The second-order valence-corrected chi connectivity index (χ2v) is 10.9. The summed E-state index contributed by atoms with van der Waals surface area (Å²) in [6, 6.07) is 0. The summed E-state index contributed by atoms with van der Waals surface area (Å²) in [6.07, 6.45) is 35.7. The van der Waals surface area contributed by atoms with Crippen LogP contribution < -0.4 is 0 Å². The van der Waals surface area contributed by atoms with Gasteiger partial charge in [0.15, 0.2) is 0 Å². The summed E-state index contributed by atoms with van der Waals surface area (Å²) >= 11 is 0. The predicted octanol–water partition coefficient (Wildman–Crippen LogP) is 10.4. The number of carboxylic acid groups (broad SMARTS) is 1. The highest BCUT2D eigenvalue weighted by Gasteiger charge is 2.06. The first-order chi connectivity index (χ1) is 16.7. The van der Waals surface area contributed by atoms with E-state index in [1.165, 1.54) is 154 Å². The van der Waals surface area contributed by atoms with E-state index in [2.05, 4.69) is 6.92 Å². The smallest absolute Gasteiger partial charge is 0.303 e. The van der Waals surface area contributed by atoms with Crippen molar-refractivity contribution in [1.82, 2.24) is 0 Å². The Bertz CT molecular complexity index is 396. The molecule has 0 saturated heterocycles. The molecule has 0 aromatic heterocycles. The van der Waals surface area contributed by atoms with Gasteiger partial charge in [0.05, 0.1) is 6.10 Å². The van der Waals surface area contributed by atoms with Crippen LogP contribution in [0.2, 0.25) is 0 Å². The van der Waals surface area contributed by atoms with Crippen LogP contribution in [0, 0.1) is 0 Å². The van der Waals surface area contributed by atoms with Crippen molar-refractivity contribution in [2.45, 2.75) is 193 Å². The lowest BCUT2D eigenvalue weighted by atomic mass is 10.0. The maximum Gasteiger partial charge on any atom is 0.303 e. The molecule has 0 spiro atoms. The molecular formula is C31H62O3. The van der Waals surface area contributed by atoms with Crippen molar-refractivity contribution in [3.05, 3.63) is 0 Å². The summed E-state index contributed by atoms with van der Waals surface area (Å²) in [6.45, 7) is 2.29. The highest BCUT2D eigenvalue weighted by Crippen LogP contribution is 2.16. The summed E-state index contributed by atoms with van der Waals surface area (Å²) in [5.74, 6) is -0.811. The molecule has 0 amide bonds. The van der Waals surface area contributed by atoms with Crippen molar-refractivity contribution >= 4 is 5.97 Å². The van der Waals surface area contributed by atoms with Gasteiger partial charge in [-0.25, -0.2) is 0 Å². The molecule has 34 heavy (non-hydrogen) atoms. The molecule has 2 N–H and O–H groups in total. The molecule has 1 unspecified atom stereocenters. The average molecular weight is 483 g/mol. The second-order valence-electron chi connectivity index (χ2n) is 10.9. The molecule has 204 valence electrons. The number of carbonyl (C=O) groups is 1. The Kier molecular flexibility index (Phi) is 28.2. The van der Waals surface area contributed by atoms with E-state index >= 15 is 0 Å². The van der Waals surface area contributed by atoms with E-state index in [4.69, 9.17) is 5.11 Å². The van der Waals surface area contributed by atoms with E-state index in [-0.39, 0.29) is 6.42 Å². The highest BCUT2D eigenvalue weighted by atomic mass is 16.4. The topological polar surface area (TPSA) is 57.5 Å². The molecule has 0 fully saturated rings. The number of aliphatic hydroxyl groups excluding tert-OH is 1. The van der Waals surface area contributed by atoms with E-state index in [9.17, 15) is 9.90 Å². The Morgan fingerprint density at radius 3 is 1.00 bits per heavy atom. The van der Waals surface area contributed by atoms with Crippen molar-refractivity contribution in [1.29, 1.82) is 0 Å². The summed E-state index contributed by atoms with van der Waals surface area (Å²) in [5, 5.41) is 18.3. The first kappa shape index (κ1) is 33.4. The van der Waals surface area contributed by atoms with Gasteiger partial charge in [-0.15, -0.1) is 0 Å². The quantitative estimate of drug-likeness (QED) is 0.104. The van der Waals surface area contributed by atoms with Crippen molar-refractivity contribution in [2.75, 3.05) is 0 Å². The Morgan fingerprint density at radius 2 is 0.735 bits per heavy atom. The Hall–Kier alpha value is -0.570. The minimum Gasteiger partial charge on any atom is -0.481 e. The normalized spacial score (nSPS) is 12.3. The molecule has 0 rings (SSSR count). The first-order valence-electron chi connectivity index (χ1n) is 15.6. The summed E-state index contributed by atoms with van der Waals surface area (Å²) < 4.78 is 0. The molecule has 3 heteroatoms. The van der Waals surface area contributed by atoms with E-state index < -0.39 is 12.1 Å². The molecule has 0 aliphatic carbocycles. The van der Waals surface area contributed by atoms with Gasteiger partial charge < -0.3 is 10.2 Å². The zero-order valence-electron chi connectivity index (χ0n) is 23.2. The lowest BCUT2D eigenvalue weighted by molar-refractivity contribution is -0.137. The van der Waals surface area contributed by atoms with Crippen LogP contribution in [0.3, 0.4) is 0 Å². The Labute approximate surface area is 213 Å². The predicted molar refractivity (Wildman–Crippen MR) is 149 cm³/mol. The summed E-state index contributed by atoms with van der Waals surface area (Å²) in [5.41, 5.74) is 0. The lowest BCUT2D eigenvalue weighted by Gasteiger charge is -2.08. The van der Waals surface area contributed by atoms with E-state index in [0.717, 1.165) is 12.8 Å². The molecule has 0 saturated carbocycles. The fourth-order valence-electron chi connectivity index (χ4n) is 4.95. The maximum absolute atomic E-state index is 10.5. The van der Waals surface area contributed by atoms with E-state index in [0.29, 0.717) is 6.42 Å². The van der Waals surface area contributed by atoms with Gasteiger partial charge in [0.1, 0.15) is 0 Å². The standard InChI is InChI=1S/C31H62O3/c1-2-3-4-5-6-7-8-9-10-11-12-13-14-15-16-17-18-19-20-21-22-23-24-25-26-27-30(32)28-29-31(33)34/h30,32H,2-29H2,1H3,(H,33,34). The molecule has 0 aromatic carbocycles. The molecule has 3 nitrogen and oxygen atoms in total. The van der Waals surface area contributed by atoms with Gasteiger partial charge >= 0.3 is 5.97 Å². The van der Waals surface area contributed by atoms with Crippen molar-refractivity contribution in [3.63, 3.8) is 0 Å². The van der Waals surface area contributed by atoms with Crippen LogP contribution in [0.4, 0.5) is 0 Å². The monoisotopic (exact) mass is 482 g/mol. The van der Waals surface area contributed by atoms with Gasteiger partial charge in [-0.2, -0.15) is 0 Å². The first-order valence-corrected chi connectivity index (χ1v) is 15.6. The van der Waals surface area contributed by atoms with Gasteiger partial charge in [0, 0.05) is 6.42 Å². The fourth-order valence-corrected chi connectivity index (χ4v) is 4.95. The zero-order chi connectivity index (χ0) is 25.0. The highest BCUT2D eigenvalue weighted by molar-refractivity contribution is 5.66. The average Bonchev–Trinajstić information content (AvgIpc) is 2.82. The van der Waals surface area contributed by atoms with Gasteiger partial charge in [-0.1, -0.05) is 167 Å². The molecule has 1 atom stereocenters. The molecule has 0 aromatic rings. The van der Waals surface area contributed by atoms with Crippen LogP contribution >= 0.6 is 0 Å². The fraction of sp³-hybridized carbons (Fsp3) is 0.968. The third-order valence-corrected chi connectivity index (χ3v) is 7.33. The number of hydrogen-bond donors (Lipinski definition) is 2. The minimum absolute atomic E-state index is 0.0839. The number of aliphatic hydroxyl groups is 1. The molecule has 0 aliphatic heterocycles.